The number of piperidine rings is 1. The number of halogens is 2. The minimum atomic E-state index is -0.929. The van der Waals surface area contributed by atoms with E-state index in [0.717, 1.165) is 18.6 Å². The van der Waals surface area contributed by atoms with Gasteiger partial charge in [-0.15, -0.1) is 0 Å². The molecule has 24 heavy (non-hydrogen) atoms. The normalized spacial score (nSPS) is 30.4. The van der Waals surface area contributed by atoms with Gasteiger partial charge in [0.2, 0.25) is 0 Å². The molecule has 0 spiro atoms. The van der Waals surface area contributed by atoms with E-state index in [1.807, 2.05) is 6.92 Å². The van der Waals surface area contributed by atoms with Crippen LogP contribution in [0.1, 0.15) is 31.4 Å². The first-order chi connectivity index (χ1) is 11.5. The Morgan fingerprint density at radius 3 is 2.83 bits per heavy atom. The number of rotatable bonds is 2. The van der Waals surface area contributed by atoms with Gasteiger partial charge in [0.1, 0.15) is 6.10 Å². The van der Waals surface area contributed by atoms with Crippen molar-refractivity contribution in [2.75, 3.05) is 19.7 Å². The first-order valence-electron chi connectivity index (χ1n) is 8.25. The summed E-state index contributed by atoms with van der Waals surface area (Å²) in [6.07, 6.45) is 0.328. The predicted molar refractivity (Wildman–Crippen MR) is 83.3 cm³/mol. The Kier molecular flexibility index (Phi) is 5.01. The molecule has 2 aliphatic rings. The number of hydrogen-bond acceptors (Lipinski definition) is 3. The molecular formula is C17H22F2N2O3. The van der Waals surface area contributed by atoms with Crippen molar-refractivity contribution in [2.45, 2.75) is 38.0 Å². The number of carbonyl (C=O) groups is 1. The Morgan fingerprint density at radius 2 is 2.12 bits per heavy atom. The molecule has 3 rings (SSSR count). The SMILES string of the molecule is CC1CCN(C(=O)NC2CCOC2c2ccc(F)c(F)c2)CC1O. The van der Waals surface area contributed by atoms with Gasteiger partial charge >= 0.3 is 6.03 Å². The molecule has 2 saturated heterocycles. The number of aliphatic hydroxyl groups is 1. The Balaban J connectivity index is 1.65. The van der Waals surface area contributed by atoms with Crippen LogP contribution in [-0.2, 0) is 4.74 Å². The fourth-order valence-corrected chi connectivity index (χ4v) is 3.24. The summed E-state index contributed by atoms with van der Waals surface area (Å²) in [4.78, 5) is 14.0. The third-order valence-corrected chi connectivity index (χ3v) is 4.88. The number of nitrogens with one attached hydrogen (secondary N) is 1. The van der Waals surface area contributed by atoms with Crippen molar-refractivity contribution in [3.8, 4) is 0 Å². The van der Waals surface area contributed by atoms with Crippen LogP contribution in [0.15, 0.2) is 18.2 Å². The highest BCUT2D eigenvalue weighted by Gasteiger charge is 2.34. The van der Waals surface area contributed by atoms with E-state index < -0.39 is 23.8 Å². The number of urea groups is 1. The third-order valence-electron chi connectivity index (χ3n) is 4.88. The second kappa shape index (κ2) is 7.03. The van der Waals surface area contributed by atoms with Crippen molar-refractivity contribution in [2.24, 2.45) is 5.92 Å². The fraction of sp³-hybridized carbons (Fsp3) is 0.588. The highest BCUT2D eigenvalue weighted by molar-refractivity contribution is 5.74. The molecule has 0 aromatic heterocycles. The standard InChI is InChI=1S/C17H22F2N2O3/c1-10-4-6-21(9-15(10)22)17(23)20-14-5-7-24-16(14)11-2-3-12(18)13(19)8-11/h2-3,8,10,14-16,22H,4-7,9H2,1H3,(H,20,23). The van der Waals surface area contributed by atoms with Crippen LogP contribution in [0.25, 0.3) is 0 Å². The Bertz CT molecular complexity index is 613. The van der Waals surface area contributed by atoms with Crippen molar-refractivity contribution >= 4 is 6.03 Å². The van der Waals surface area contributed by atoms with E-state index in [4.69, 9.17) is 4.74 Å². The summed E-state index contributed by atoms with van der Waals surface area (Å²) in [5.74, 6) is -1.66. The smallest absolute Gasteiger partial charge is 0.317 e. The number of likely N-dealkylation sites (tertiary alicyclic amines) is 1. The van der Waals surface area contributed by atoms with Gasteiger partial charge in [-0.3, -0.25) is 0 Å². The third kappa shape index (κ3) is 3.52. The Morgan fingerprint density at radius 1 is 1.33 bits per heavy atom. The van der Waals surface area contributed by atoms with Crippen molar-refractivity contribution in [1.29, 1.82) is 0 Å². The predicted octanol–water partition coefficient (Wildman–Crippen LogP) is 2.21. The van der Waals surface area contributed by atoms with Gasteiger partial charge in [0.05, 0.1) is 12.1 Å². The Hall–Kier alpha value is -1.73. The number of β-amino-alcohol motifs (C(OH)–C–C–N with tert-alkyl or cyclic N) is 1. The molecular weight excluding hydrogens is 318 g/mol. The van der Waals surface area contributed by atoms with Crippen LogP contribution < -0.4 is 5.32 Å². The first-order valence-corrected chi connectivity index (χ1v) is 8.25. The van der Waals surface area contributed by atoms with Crippen molar-refractivity contribution < 1.29 is 23.4 Å². The topological polar surface area (TPSA) is 61.8 Å². The molecule has 4 atom stereocenters. The van der Waals surface area contributed by atoms with Gasteiger partial charge in [0.25, 0.3) is 0 Å². The first kappa shape index (κ1) is 17.1. The van der Waals surface area contributed by atoms with Crippen LogP contribution >= 0.6 is 0 Å². The van der Waals surface area contributed by atoms with Crippen molar-refractivity contribution in [3.05, 3.63) is 35.4 Å². The monoisotopic (exact) mass is 340 g/mol. The minimum absolute atomic E-state index is 0.179. The fourth-order valence-electron chi connectivity index (χ4n) is 3.24. The lowest BCUT2D eigenvalue weighted by molar-refractivity contribution is 0.0415. The molecule has 0 bridgehead atoms. The maximum atomic E-state index is 13.4. The van der Waals surface area contributed by atoms with Crippen LogP contribution in [-0.4, -0.2) is 47.9 Å². The molecule has 2 N–H and O–H groups in total. The van der Waals surface area contributed by atoms with Gasteiger partial charge in [-0.05, 0) is 36.5 Å². The van der Waals surface area contributed by atoms with E-state index in [1.165, 1.54) is 6.07 Å². The van der Waals surface area contributed by atoms with Gasteiger partial charge in [-0.1, -0.05) is 13.0 Å². The summed E-state index contributed by atoms with van der Waals surface area (Å²) in [6, 6.07) is 3.08. The van der Waals surface area contributed by atoms with Gasteiger partial charge in [-0.2, -0.15) is 0 Å². The van der Waals surface area contributed by atoms with E-state index in [2.05, 4.69) is 5.32 Å². The molecule has 1 aromatic carbocycles. The lowest BCUT2D eigenvalue weighted by Crippen LogP contribution is -2.52. The minimum Gasteiger partial charge on any atom is -0.391 e. The van der Waals surface area contributed by atoms with E-state index in [-0.39, 0.29) is 18.0 Å². The number of amides is 2. The summed E-state index contributed by atoms with van der Waals surface area (Å²) in [5.41, 5.74) is 0.504. The number of ether oxygens (including phenoxy) is 1. The van der Waals surface area contributed by atoms with E-state index in [1.54, 1.807) is 4.90 Å². The van der Waals surface area contributed by atoms with Crippen LogP contribution in [0.5, 0.6) is 0 Å². The van der Waals surface area contributed by atoms with E-state index in [9.17, 15) is 18.7 Å². The van der Waals surface area contributed by atoms with Crippen LogP contribution in [0.2, 0.25) is 0 Å². The molecule has 2 heterocycles. The molecule has 1 aromatic rings. The molecule has 2 aliphatic heterocycles. The maximum Gasteiger partial charge on any atom is 0.317 e. The van der Waals surface area contributed by atoms with E-state index in [0.29, 0.717) is 31.7 Å². The summed E-state index contributed by atoms with van der Waals surface area (Å²) in [6.45, 7) is 3.29. The maximum absolute atomic E-state index is 13.4. The zero-order valence-electron chi connectivity index (χ0n) is 13.5. The zero-order valence-corrected chi connectivity index (χ0v) is 13.5. The molecule has 132 valence electrons. The lowest BCUT2D eigenvalue weighted by atomic mass is 9.96. The second-order valence-electron chi connectivity index (χ2n) is 6.59. The Labute approximate surface area is 139 Å². The highest BCUT2D eigenvalue weighted by atomic mass is 19.2. The quantitative estimate of drug-likeness (QED) is 0.868. The molecule has 0 saturated carbocycles. The summed E-state index contributed by atoms with van der Waals surface area (Å²) in [7, 11) is 0. The van der Waals surface area contributed by atoms with Gasteiger partial charge in [-0.25, -0.2) is 13.6 Å². The van der Waals surface area contributed by atoms with Gasteiger partial charge < -0.3 is 20.1 Å². The number of nitrogens with zero attached hydrogens (tertiary/aromatic N) is 1. The largest absolute Gasteiger partial charge is 0.391 e. The van der Waals surface area contributed by atoms with Crippen molar-refractivity contribution in [1.82, 2.24) is 10.2 Å². The highest BCUT2D eigenvalue weighted by Crippen LogP contribution is 2.30. The lowest BCUT2D eigenvalue weighted by Gasteiger charge is -2.35. The van der Waals surface area contributed by atoms with Crippen LogP contribution in [0.4, 0.5) is 13.6 Å². The molecule has 2 amide bonds. The molecule has 0 aliphatic carbocycles. The van der Waals surface area contributed by atoms with E-state index >= 15 is 0 Å². The molecule has 2 fully saturated rings. The number of benzene rings is 1. The summed E-state index contributed by atoms with van der Waals surface area (Å²) >= 11 is 0. The molecule has 4 unspecified atom stereocenters. The average Bonchev–Trinajstić information content (AvgIpc) is 3.00. The molecule has 0 radical (unpaired) electrons. The molecule has 7 heteroatoms. The number of aliphatic hydroxyl groups excluding tert-OH is 1. The summed E-state index contributed by atoms with van der Waals surface area (Å²) < 4.78 is 32.1. The van der Waals surface area contributed by atoms with Crippen LogP contribution in [0.3, 0.4) is 0 Å². The van der Waals surface area contributed by atoms with Gasteiger partial charge in [0, 0.05) is 19.7 Å². The van der Waals surface area contributed by atoms with Crippen molar-refractivity contribution in [3.63, 3.8) is 0 Å². The number of carbonyl (C=O) groups excluding carboxylic acids is 1. The van der Waals surface area contributed by atoms with Gasteiger partial charge in [0.15, 0.2) is 11.6 Å². The average molecular weight is 340 g/mol. The molecule has 5 nitrogen and oxygen atoms in total. The van der Waals surface area contributed by atoms with Crippen LogP contribution in [0, 0.1) is 17.6 Å². The number of hydrogen-bond donors (Lipinski definition) is 2. The summed E-state index contributed by atoms with van der Waals surface area (Å²) in [5, 5.41) is 12.8. The zero-order chi connectivity index (χ0) is 17.3. The second-order valence-corrected chi connectivity index (χ2v) is 6.59.